The molecule has 1 aliphatic heterocycles. The highest BCUT2D eigenvalue weighted by Gasteiger charge is 2.34. The zero-order valence-corrected chi connectivity index (χ0v) is 17.2. The van der Waals surface area contributed by atoms with Gasteiger partial charge in [0.25, 0.3) is 5.91 Å². The predicted molar refractivity (Wildman–Crippen MR) is 112 cm³/mol. The lowest BCUT2D eigenvalue weighted by molar-refractivity contribution is -0.124. The van der Waals surface area contributed by atoms with Crippen LogP contribution in [-0.4, -0.2) is 31.5 Å². The lowest BCUT2D eigenvalue weighted by Crippen LogP contribution is -2.33. The van der Waals surface area contributed by atoms with Crippen LogP contribution in [0, 0.1) is 5.92 Å². The average molecular weight is 409 g/mol. The Morgan fingerprint density at radius 3 is 2.50 bits per heavy atom. The van der Waals surface area contributed by atoms with Crippen LogP contribution < -0.4 is 19.5 Å². The van der Waals surface area contributed by atoms with Gasteiger partial charge in [0.15, 0.2) is 18.1 Å². The van der Waals surface area contributed by atoms with Crippen molar-refractivity contribution in [2.45, 2.75) is 38.6 Å². The molecule has 4 rings (SSSR count). The average Bonchev–Trinajstić information content (AvgIpc) is 3.60. The highest BCUT2D eigenvalue weighted by Crippen LogP contribution is 2.43. The van der Waals surface area contributed by atoms with Crippen molar-refractivity contribution in [1.82, 2.24) is 5.32 Å². The third-order valence-corrected chi connectivity index (χ3v) is 5.39. The fraction of sp³-hybridized carbons (Fsp3) is 0.417. The molecule has 1 saturated carbocycles. The predicted octanol–water partition coefficient (Wildman–Crippen LogP) is 3.63. The Morgan fingerprint density at radius 1 is 1.07 bits per heavy atom. The molecule has 0 aromatic heterocycles. The summed E-state index contributed by atoms with van der Waals surface area (Å²) in [6.07, 6.45) is 3.45. The van der Waals surface area contributed by atoms with Crippen molar-refractivity contribution in [3.05, 3.63) is 53.6 Å². The number of fused-ring (bicyclic) bond motifs is 1. The van der Waals surface area contributed by atoms with Crippen LogP contribution in [0.25, 0.3) is 0 Å². The molecule has 0 spiro atoms. The number of hydrogen-bond acceptors (Lipinski definition) is 5. The van der Waals surface area contributed by atoms with Crippen LogP contribution >= 0.6 is 0 Å². The van der Waals surface area contributed by atoms with Gasteiger partial charge < -0.3 is 24.3 Å². The first-order chi connectivity index (χ1) is 14.6. The van der Waals surface area contributed by atoms with Crippen molar-refractivity contribution in [2.24, 2.45) is 5.92 Å². The van der Waals surface area contributed by atoms with E-state index in [4.69, 9.17) is 14.2 Å². The number of ether oxygens (including phenoxy) is 3. The first-order valence-electron chi connectivity index (χ1n) is 10.5. The number of benzene rings is 2. The molecule has 1 N–H and O–H groups in total. The van der Waals surface area contributed by atoms with Crippen molar-refractivity contribution in [1.29, 1.82) is 0 Å². The van der Waals surface area contributed by atoms with Gasteiger partial charge in [-0.15, -0.1) is 0 Å². The first kappa shape index (κ1) is 20.3. The van der Waals surface area contributed by atoms with Gasteiger partial charge in [-0.25, -0.2) is 0 Å². The van der Waals surface area contributed by atoms with Crippen LogP contribution in [0.5, 0.6) is 17.2 Å². The number of rotatable bonds is 9. The lowest BCUT2D eigenvalue weighted by Gasteiger charge is -2.23. The molecule has 2 aromatic carbocycles. The Morgan fingerprint density at radius 2 is 1.80 bits per heavy atom. The van der Waals surface area contributed by atoms with Crippen LogP contribution in [0.4, 0.5) is 0 Å². The van der Waals surface area contributed by atoms with Crippen molar-refractivity contribution in [3.8, 4) is 17.2 Å². The number of amides is 1. The van der Waals surface area contributed by atoms with Crippen molar-refractivity contribution in [3.63, 3.8) is 0 Å². The quantitative estimate of drug-likeness (QED) is 0.685. The summed E-state index contributed by atoms with van der Waals surface area (Å²) in [7, 11) is 0. The highest BCUT2D eigenvalue weighted by molar-refractivity contribution is 5.78. The summed E-state index contributed by atoms with van der Waals surface area (Å²) in [4.78, 5) is 23.6. The number of ketones is 1. The molecule has 0 radical (unpaired) electrons. The highest BCUT2D eigenvalue weighted by atomic mass is 16.6. The van der Waals surface area contributed by atoms with E-state index >= 15 is 0 Å². The van der Waals surface area contributed by atoms with Crippen LogP contribution in [-0.2, 0) is 16.0 Å². The Bertz CT molecular complexity index is 904. The Balaban J connectivity index is 1.32. The zero-order chi connectivity index (χ0) is 20.9. The van der Waals surface area contributed by atoms with Crippen LogP contribution in [0.3, 0.4) is 0 Å². The van der Waals surface area contributed by atoms with Gasteiger partial charge in [-0.3, -0.25) is 4.79 Å². The number of nitrogens with one attached hydrogen (secondary N) is 1. The van der Waals surface area contributed by atoms with Crippen molar-refractivity contribution < 1.29 is 23.8 Å². The van der Waals surface area contributed by atoms with E-state index < -0.39 is 0 Å². The summed E-state index contributed by atoms with van der Waals surface area (Å²) in [5, 5.41) is 3.12. The van der Waals surface area contributed by atoms with E-state index in [2.05, 4.69) is 5.32 Å². The molecule has 2 aromatic rings. The molecule has 0 bridgehead atoms. The minimum Gasteiger partial charge on any atom is -0.486 e. The van der Waals surface area contributed by atoms with Gasteiger partial charge in [0.2, 0.25) is 0 Å². The van der Waals surface area contributed by atoms with Gasteiger partial charge in [0, 0.05) is 6.42 Å². The fourth-order valence-corrected chi connectivity index (χ4v) is 3.59. The second kappa shape index (κ2) is 9.20. The summed E-state index contributed by atoms with van der Waals surface area (Å²) in [5.74, 6) is 2.59. The Kier molecular flexibility index (Phi) is 6.21. The van der Waals surface area contributed by atoms with E-state index in [0.717, 1.165) is 35.5 Å². The monoisotopic (exact) mass is 409 g/mol. The topological polar surface area (TPSA) is 73.9 Å². The lowest BCUT2D eigenvalue weighted by atomic mass is 10.0. The summed E-state index contributed by atoms with van der Waals surface area (Å²) >= 11 is 0. The molecular formula is C24H27NO5. The van der Waals surface area contributed by atoms with E-state index in [1.807, 2.05) is 42.5 Å². The Labute approximate surface area is 176 Å². The molecule has 158 valence electrons. The normalized spacial score (nSPS) is 15.9. The minimum absolute atomic E-state index is 0.0411. The molecule has 1 unspecified atom stereocenters. The van der Waals surface area contributed by atoms with Crippen molar-refractivity contribution >= 4 is 11.7 Å². The molecular weight excluding hydrogens is 382 g/mol. The Hall–Kier alpha value is -3.02. The summed E-state index contributed by atoms with van der Waals surface area (Å²) in [5.41, 5.74) is 2.11. The molecule has 1 fully saturated rings. The van der Waals surface area contributed by atoms with Gasteiger partial charge in [-0.2, -0.15) is 0 Å². The van der Waals surface area contributed by atoms with E-state index in [0.29, 0.717) is 37.7 Å². The first-order valence-corrected chi connectivity index (χ1v) is 10.5. The second-order valence-electron chi connectivity index (χ2n) is 7.92. The molecule has 1 aliphatic carbocycles. The van der Waals surface area contributed by atoms with Gasteiger partial charge >= 0.3 is 0 Å². The number of carbonyl (C=O) groups excluding carboxylic acids is 2. The molecule has 1 heterocycles. The maximum Gasteiger partial charge on any atom is 0.258 e. The SMILES string of the molecule is CC(=O)CCc1ccc(OCC(=O)NC(c2ccc3c(c2)OCCO3)C2CC2)cc1. The summed E-state index contributed by atoms with van der Waals surface area (Å²) < 4.78 is 16.9. The summed E-state index contributed by atoms with van der Waals surface area (Å²) in [6.45, 7) is 2.65. The molecule has 0 saturated heterocycles. The number of Topliss-reactive ketones (excluding diaryl/α,β-unsaturated/α-hetero) is 1. The smallest absolute Gasteiger partial charge is 0.258 e. The molecule has 6 nitrogen and oxygen atoms in total. The summed E-state index contributed by atoms with van der Waals surface area (Å²) in [6, 6.07) is 13.4. The van der Waals surface area contributed by atoms with Gasteiger partial charge in [0.05, 0.1) is 6.04 Å². The van der Waals surface area contributed by atoms with Crippen LogP contribution in [0.2, 0.25) is 0 Å². The molecule has 1 amide bonds. The molecule has 2 aliphatic rings. The van der Waals surface area contributed by atoms with Gasteiger partial charge in [0.1, 0.15) is 24.7 Å². The van der Waals surface area contributed by atoms with Crippen LogP contribution in [0.15, 0.2) is 42.5 Å². The number of carbonyl (C=O) groups is 2. The largest absolute Gasteiger partial charge is 0.486 e. The number of hydrogen-bond donors (Lipinski definition) is 1. The molecule has 30 heavy (non-hydrogen) atoms. The maximum atomic E-state index is 12.5. The third kappa shape index (κ3) is 5.32. The zero-order valence-electron chi connectivity index (χ0n) is 17.2. The fourth-order valence-electron chi connectivity index (χ4n) is 3.59. The third-order valence-electron chi connectivity index (χ3n) is 5.39. The second-order valence-corrected chi connectivity index (χ2v) is 7.92. The van der Waals surface area contributed by atoms with Gasteiger partial charge in [-0.05, 0) is 67.5 Å². The number of aryl methyl sites for hydroxylation is 1. The van der Waals surface area contributed by atoms with Crippen molar-refractivity contribution in [2.75, 3.05) is 19.8 Å². The van der Waals surface area contributed by atoms with E-state index in [-0.39, 0.29) is 24.3 Å². The maximum absolute atomic E-state index is 12.5. The van der Waals surface area contributed by atoms with E-state index in [1.165, 1.54) is 0 Å². The molecule has 1 atom stereocenters. The van der Waals surface area contributed by atoms with Crippen LogP contribution in [0.1, 0.15) is 43.4 Å². The minimum atomic E-state index is -0.151. The molecule has 6 heteroatoms. The standard InChI is InChI=1S/C24H27NO5/c1-16(26)2-3-17-4-9-20(10-5-17)30-15-23(27)25-24(18-6-7-18)19-8-11-21-22(14-19)29-13-12-28-21/h4-5,8-11,14,18,24H,2-3,6-7,12-13,15H2,1H3,(H,25,27). The van der Waals surface area contributed by atoms with E-state index in [1.54, 1.807) is 6.92 Å². The van der Waals surface area contributed by atoms with Gasteiger partial charge in [-0.1, -0.05) is 18.2 Å². The van der Waals surface area contributed by atoms with E-state index in [9.17, 15) is 9.59 Å².